The van der Waals surface area contributed by atoms with Gasteiger partial charge in [0.1, 0.15) is 29.7 Å². The van der Waals surface area contributed by atoms with Crippen molar-refractivity contribution in [2.75, 3.05) is 11.4 Å². The van der Waals surface area contributed by atoms with Gasteiger partial charge in [-0.15, -0.1) is 0 Å². The lowest BCUT2D eigenvalue weighted by atomic mass is 10.1. The van der Waals surface area contributed by atoms with E-state index in [9.17, 15) is 14.0 Å². The highest BCUT2D eigenvalue weighted by molar-refractivity contribution is 6.31. The number of carbonyl (C=O) groups is 2. The predicted octanol–water partition coefficient (Wildman–Crippen LogP) is 4.82. The molecule has 1 saturated heterocycles. The smallest absolute Gasteiger partial charge is 0.329 e. The average molecular weight is 561 g/mol. The van der Waals surface area contributed by atoms with E-state index in [4.69, 9.17) is 16.3 Å². The molecule has 0 radical (unpaired) electrons. The normalized spacial score (nSPS) is 15.3. The van der Waals surface area contributed by atoms with E-state index in [1.165, 1.54) is 16.5 Å². The number of rotatable bonds is 7. The van der Waals surface area contributed by atoms with Crippen LogP contribution in [0.15, 0.2) is 60.9 Å². The molecule has 204 valence electrons. The molecule has 0 atom stereocenters. The van der Waals surface area contributed by atoms with Crippen molar-refractivity contribution in [3.8, 4) is 17.3 Å². The van der Waals surface area contributed by atoms with Gasteiger partial charge in [0.15, 0.2) is 5.82 Å². The summed E-state index contributed by atoms with van der Waals surface area (Å²) < 4.78 is 21.6. The fourth-order valence-corrected chi connectivity index (χ4v) is 5.25. The number of urea groups is 1. The van der Waals surface area contributed by atoms with Gasteiger partial charge < -0.3 is 9.30 Å². The Hall–Kier alpha value is -4.28. The number of halogens is 2. The van der Waals surface area contributed by atoms with E-state index in [1.54, 1.807) is 18.3 Å². The summed E-state index contributed by atoms with van der Waals surface area (Å²) in [5.74, 6) is 1.24. The van der Waals surface area contributed by atoms with E-state index in [1.807, 2.05) is 48.1 Å². The number of pyridine rings is 1. The number of benzene rings is 2. The van der Waals surface area contributed by atoms with Crippen molar-refractivity contribution < 1.29 is 18.7 Å². The Bertz CT molecular complexity index is 1590. The molecule has 2 aliphatic heterocycles. The number of imide groups is 1. The second kappa shape index (κ2) is 10.7. The lowest BCUT2D eigenvalue weighted by Gasteiger charge is -2.26. The van der Waals surface area contributed by atoms with Gasteiger partial charge in [0, 0.05) is 51.4 Å². The van der Waals surface area contributed by atoms with Crippen LogP contribution in [0.3, 0.4) is 0 Å². The van der Waals surface area contributed by atoms with Gasteiger partial charge in [-0.3, -0.25) is 24.9 Å². The van der Waals surface area contributed by atoms with Crippen LogP contribution in [0.2, 0.25) is 5.02 Å². The van der Waals surface area contributed by atoms with Crippen LogP contribution in [0.4, 0.5) is 15.0 Å². The lowest BCUT2D eigenvalue weighted by molar-refractivity contribution is -0.120. The maximum absolute atomic E-state index is 14.0. The lowest BCUT2D eigenvalue weighted by Crippen LogP contribution is -2.50. The first kappa shape index (κ1) is 26.0. The van der Waals surface area contributed by atoms with E-state index >= 15 is 0 Å². The quantitative estimate of drug-likeness (QED) is 0.348. The zero-order valence-electron chi connectivity index (χ0n) is 21.7. The van der Waals surface area contributed by atoms with Gasteiger partial charge in [0.2, 0.25) is 5.91 Å². The molecule has 1 N–H and O–H groups in total. The minimum atomic E-state index is -0.447. The van der Waals surface area contributed by atoms with Gasteiger partial charge >= 0.3 is 6.03 Å². The van der Waals surface area contributed by atoms with Crippen molar-refractivity contribution in [1.29, 1.82) is 0 Å². The molecule has 40 heavy (non-hydrogen) atoms. The summed E-state index contributed by atoms with van der Waals surface area (Å²) in [5, 5.41) is 2.69. The van der Waals surface area contributed by atoms with Crippen LogP contribution >= 0.6 is 11.6 Å². The number of anilines is 1. The summed E-state index contributed by atoms with van der Waals surface area (Å²) in [6, 6.07) is 14.0. The highest BCUT2D eigenvalue weighted by Gasteiger charge is 2.28. The number of imidazole rings is 1. The maximum Gasteiger partial charge on any atom is 0.329 e. The molecule has 4 aromatic rings. The Balaban J connectivity index is 1.09. The van der Waals surface area contributed by atoms with Crippen molar-refractivity contribution in [1.82, 2.24) is 24.8 Å². The van der Waals surface area contributed by atoms with Crippen LogP contribution in [0.5, 0.6) is 5.75 Å². The zero-order valence-corrected chi connectivity index (χ0v) is 22.5. The third-order valence-electron chi connectivity index (χ3n) is 7.17. The van der Waals surface area contributed by atoms with E-state index in [-0.39, 0.29) is 24.8 Å². The van der Waals surface area contributed by atoms with E-state index < -0.39 is 6.03 Å². The molecule has 2 aromatic heterocycles. The fraction of sp³-hybridized carbons (Fsp3) is 0.241. The molecule has 4 heterocycles. The predicted molar refractivity (Wildman–Crippen MR) is 147 cm³/mol. The van der Waals surface area contributed by atoms with Crippen LogP contribution < -0.4 is 15.0 Å². The third-order valence-corrected chi connectivity index (χ3v) is 7.52. The van der Waals surface area contributed by atoms with Gasteiger partial charge in [-0.2, -0.15) is 0 Å². The summed E-state index contributed by atoms with van der Waals surface area (Å²) in [4.78, 5) is 36.8. The number of carbonyl (C=O) groups excluding carboxylic acids is 2. The highest BCUT2D eigenvalue weighted by atomic mass is 35.5. The molecular formula is C29H26ClFN6O3. The standard InChI is InChI=1S/C29H26ClFN6O3/c1-35-27(37-10-9-26(38)34-29(37)39)13-33-28(35)25-11-19-15-36(16-20(19)12-32-25)14-18-5-7-21(8-6-18)40-17-22-23(30)3-2-4-24(22)31/h2-8,11-13H,9-10,14-17H2,1H3,(H,34,38,39). The Morgan fingerprint density at radius 1 is 1.05 bits per heavy atom. The monoisotopic (exact) mass is 560 g/mol. The van der Waals surface area contributed by atoms with Gasteiger partial charge in [0.05, 0.1) is 11.2 Å². The Kier molecular flexibility index (Phi) is 6.95. The van der Waals surface area contributed by atoms with E-state index in [0.29, 0.717) is 34.5 Å². The second-order valence-corrected chi connectivity index (χ2v) is 10.3. The number of nitrogens with one attached hydrogen (secondary N) is 1. The number of nitrogens with zero attached hydrogens (tertiary/aromatic N) is 5. The van der Waals surface area contributed by atoms with Crippen LogP contribution in [0.25, 0.3) is 11.5 Å². The molecule has 0 aliphatic carbocycles. The summed E-state index contributed by atoms with van der Waals surface area (Å²) >= 11 is 6.09. The summed E-state index contributed by atoms with van der Waals surface area (Å²) in [5.41, 5.74) is 4.53. The first-order chi connectivity index (χ1) is 19.4. The molecule has 6 rings (SSSR count). The second-order valence-electron chi connectivity index (χ2n) is 9.87. The molecular weight excluding hydrogens is 535 g/mol. The first-order valence-corrected chi connectivity index (χ1v) is 13.2. The molecule has 9 nitrogen and oxygen atoms in total. The topological polar surface area (TPSA) is 92.6 Å². The van der Waals surface area contributed by atoms with Gasteiger partial charge in [-0.05, 0) is 47.0 Å². The van der Waals surface area contributed by atoms with Crippen molar-refractivity contribution in [2.45, 2.75) is 32.7 Å². The number of ether oxygens (including phenoxy) is 1. The van der Waals surface area contributed by atoms with Crippen molar-refractivity contribution in [3.63, 3.8) is 0 Å². The van der Waals surface area contributed by atoms with Crippen molar-refractivity contribution >= 4 is 29.4 Å². The van der Waals surface area contributed by atoms with Crippen LogP contribution in [-0.2, 0) is 38.1 Å². The molecule has 1 fully saturated rings. The summed E-state index contributed by atoms with van der Waals surface area (Å²) in [7, 11) is 1.83. The van der Waals surface area contributed by atoms with Gasteiger partial charge in [-0.1, -0.05) is 29.8 Å². The number of fused-ring (bicyclic) bond motifs is 1. The number of hydrogen-bond donors (Lipinski definition) is 1. The van der Waals surface area contributed by atoms with Crippen LogP contribution in [0, 0.1) is 5.82 Å². The number of aromatic nitrogens is 3. The number of amides is 3. The van der Waals surface area contributed by atoms with Crippen molar-refractivity contribution in [3.05, 3.63) is 94.0 Å². The Morgan fingerprint density at radius 3 is 2.62 bits per heavy atom. The average Bonchev–Trinajstić information content (AvgIpc) is 3.51. The molecule has 2 aromatic carbocycles. The van der Waals surface area contributed by atoms with E-state index in [2.05, 4.69) is 20.2 Å². The summed E-state index contributed by atoms with van der Waals surface area (Å²) in [6.45, 7) is 2.66. The maximum atomic E-state index is 14.0. The molecule has 0 saturated carbocycles. The minimum Gasteiger partial charge on any atom is -0.489 e. The van der Waals surface area contributed by atoms with Crippen LogP contribution in [-0.4, -0.2) is 37.9 Å². The Labute approximate surface area is 235 Å². The van der Waals surface area contributed by atoms with Crippen molar-refractivity contribution in [2.24, 2.45) is 7.05 Å². The molecule has 0 bridgehead atoms. The third kappa shape index (κ3) is 5.15. The number of hydrogen-bond acceptors (Lipinski definition) is 6. The molecule has 2 aliphatic rings. The van der Waals surface area contributed by atoms with Crippen LogP contribution in [0.1, 0.15) is 28.7 Å². The largest absolute Gasteiger partial charge is 0.489 e. The first-order valence-electron chi connectivity index (χ1n) is 12.8. The molecule has 0 unspecified atom stereocenters. The van der Waals surface area contributed by atoms with Gasteiger partial charge in [-0.25, -0.2) is 14.2 Å². The fourth-order valence-electron chi connectivity index (χ4n) is 5.03. The van der Waals surface area contributed by atoms with Gasteiger partial charge in [0.25, 0.3) is 0 Å². The molecule has 0 spiro atoms. The zero-order chi connectivity index (χ0) is 27.8. The SMILES string of the molecule is Cn1c(N2CCC(=O)NC2=O)cnc1-c1cc2c(cn1)CN(Cc1ccc(OCc3c(F)cccc3Cl)cc1)C2. The minimum absolute atomic E-state index is 0.0595. The molecule has 11 heteroatoms. The van der Waals surface area contributed by atoms with E-state index in [0.717, 1.165) is 36.5 Å². The highest BCUT2D eigenvalue weighted by Crippen LogP contribution is 2.30. The Morgan fingerprint density at radius 2 is 1.85 bits per heavy atom. The molecule has 3 amide bonds. The summed E-state index contributed by atoms with van der Waals surface area (Å²) in [6.07, 6.45) is 3.76.